The Morgan fingerprint density at radius 2 is 1.54 bits per heavy atom. The SMILES string of the molecule is CC12OC(CC1(O)C(=O)O)n1c3ccccc3c3c4c(c5c6ccccc6n2c5c31)C(=O)NC4=O. The second kappa shape index (κ2) is 5.54. The molecule has 3 N–H and O–H groups in total. The van der Waals surface area contributed by atoms with Gasteiger partial charge in [-0.05, 0) is 19.1 Å². The Labute approximate surface area is 196 Å². The van der Waals surface area contributed by atoms with E-state index in [2.05, 4.69) is 5.32 Å². The number of aromatic nitrogens is 2. The summed E-state index contributed by atoms with van der Waals surface area (Å²) < 4.78 is 10.1. The van der Waals surface area contributed by atoms with Crippen molar-refractivity contribution in [3.8, 4) is 0 Å². The van der Waals surface area contributed by atoms with E-state index in [0.717, 1.165) is 10.9 Å². The van der Waals surface area contributed by atoms with Crippen molar-refractivity contribution in [2.45, 2.75) is 30.9 Å². The molecule has 3 aliphatic rings. The van der Waals surface area contributed by atoms with E-state index in [1.165, 1.54) is 0 Å². The average Bonchev–Trinajstić information content (AvgIpc) is 3.49. The number of nitrogens with one attached hydrogen (secondary N) is 1. The maximum absolute atomic E-state index is 13.2. The van der Waals surface area contributed by atoms with E-state index in [1.807, 2.05) is 53.1 Å². The molecule has 2 bridgehead atoms. The number of carboxylic acids is 1. The number of carboxylic acid groups (broad SMARTS) is 1. The zero-order valence-electron chi connectivity index (χ0n) is 18.3. The number of benzene rings is 3. The highest BCUT2D eigenvalue weighted by molar-refractivity contribution is 6.39. The van der Waals surface area contributed by atoms with Crippen LogP contribution in [0.1, 0.15) is 40.3 Å². The van der Waals surface area contributed by atoms with Crippen molar-refractivity contribution in [3.05, 3.63) is 59.7 Å². The average molecular weight is 467 g/mol. The molecule has 8 rings (SSSR count). The number of carbonyl (C=O) groups excluding carboxylic acids is 2. The van der Waals surface area contributed by atoms with Crippen LogP contribution in [0.3, 0.4) is 0 Å². The minimum absolute atomic E-state index is 0.192. The lowest BCUT2D eigenvalue weighted by Crippen LogP contribution is -2.55. The highest BCUT2D eigenvalue weighted by atomic mass is 16.6. The number of nitrogens with zero attached hydrogens (tertiary/aromatic N) is 2. The van der Waals surface area contributed by atoms with Crippen LogP contribution in [0.4, 0.5) is 0 Å². The molecule has 0 radical (unpaired) electrons. The highest BCUT2D eigenvalue weighted by Crippen LogP contribution is 2.57. The number of carbonyl (C=O) groups is 3. The predicted molar refractivity (Wildman–Crippen MR) is 125 cm³/mol. The Kier molecular flexibility index (Phi) is 3.03. The molecule has 5 aromatic rings. The lowest BCUT2D eigenvalue weighted by molar-refractivity contribution is -0.200. The van der Waals surface area contributed by atoms with Crippen LogP contribution in [0.25, 0.3) is 43.6 Å². The molecule has 0 aliphatic carbocycles. The zero-order valence-corrected chi connectivity index (χ0v) is 18.3. The Balaban J connectivity index is 1.78. The molecule has 9 heteroatoms. The van der Waals surface area contributed by atoms with Gasteiger partial charge in [-0.15, -0.1) is 0 Å². The first-order valence-electron chi connectivity index (χ1n) is 11.3. The van der Waals surface area contributed by atoms with Crippen molar-refractivity contribution >= 4 is 61.4 Å². The number of fused-ring (bicyclic) bond motifs is 13. The summed E-state index contributed by atoms with van der Waals surface area (Å²) in [6.45, 7) is 1.58. The number of rotatable bonds is 1. The third kappa shape index (κ3) is 1.81. The predicted octanol–water partition coefficient (Wildman–Crippen LogP) is 3.21. The second-order valence-electron chi connectivity index (χ2n) is 9.65. The molecule has 3 atom stereocenters. The summed E-state index contributed by atoms with van der Waals surface area (Å²) in [7, 11) is 0. The van der Waals surface area contributed by atoms with Gasteiger partial charge in [-0.25, -0.2) is 4.79 Å². The molecular formula is C26H17N3O6. The van der Waals surface area contributed by atoms with Crippen molar-refractivity contribution in [1.82, 2.24) is 14.5 Å². The van der Waals surface area contributed by atoms with E-state index in [0.29, 0.717) is 38.3 Å². The van der Waals surface area contributed by atoms with Crippen LogP contribution < -0.4 is 5.32 Å². The molecule has 5 heterocycles. The van der Waals surface area contributed by atoms with E-state index in [9.17, 15) is 24.6 Å². The Morgan fingerprint density at radius 3 is 2.20 bits per heavy atom. The maximum Gasteiger partial charge on any atom is 0.341 e. The first-order valence-corrected chi connectivity index (χ1v) is 11.3. The summed E-state index contributed by atoms with van der Waals surface area (Å²) in [6, 6.07) is 14.7. The number of aliphatic carboxylic acids is 1. The number of hydrogen-bond donors (Lipinski definition) is 3. The molecule has 35 heavy (non-hydrogen) atoms. The fourth-order valence-corrected chi connectivity index (χ4v) is 6.65. The first-order chi connectivity index (χ1) is 16.8. The zero-order chi connectivity index (χ0) is 24.0. The fourth-order valence-electron chi connectivity index (χ4n) is 6.65. The standard InChI is InChI=1S/C26H17N3O6/c1-25-26(34,24(32)33)10-15(35-25)28-13-8-4-2-6-11(13)16-18-19(23(31)27-22(18)30)17-12-7-3-5-9-14(12)29(25)21(17)20(16)28/h2-9,15,34H,10H2,1H3,(H,32,33)(H,27,30,31). The lowest BCUT2D eigenvalue weighted by Gasteiger charge is -2.36. The maximum atomic E-state index is 13.2. The number of hydrogen-bond acceptors (Lipinski definition) is 5. The van der Waals surface area contributed by atoms with E-state index >= 15 is 0 Å². The summed E-state index contributed by atoms with van der Waals surface area (Å²) in [6.07, 6.45) is -1.01. The molecule has 3 aromatic carbocycles. The van der Waals surface area contributed by atoms with Gasteiger partial charge in [-0.2, -0.15) is 0 Å². The number of ether oxygens (including phenoxy) is 1. The topological polar surface area (TPSA) is 123 Å². The summed E-state index contributed by atoms with van der Waals surface area (Å²) >= 11 is 0. The van der Waals surface area contributed by atoms with Crippen LogP contribution in [0.5, 0.6) is 0 Å². The molecule has 0 saturated carbocycles. The van der Waals surface area contributed by atoms with Gasteiger partial charge >= 0.3 is 5.97 Å². The molecule has 0 spiro atoms. The van der Waals surface area contributed by atoms with Gasteiger partial charge in [-0.3, -0.25) is 14.9 Å². The van der Waals surface area contributed by atoms with Gasteiger partial charge in [-0.1, -0.05) is 36.4 Å². The molecule has 1 fully saturated rings. The number of aliphatic hydroxyl groups is 1. The Morgan fingerprint density at radius 1 is 0.971 bits per heavy atom. The smallest absolute Gasteiger partial charge is 0.341 e. The van der Waals surface area contributed by atoms with Crippen LogP contribution in [0, 0.1) is 0 Å². The normalized spacial score (nSPS) is 26.9. The van der Waals surface area contributed by atoms with Gasteiger partial charge in [0.05, 0.1) is 33.2 Å². The summed E-state index contributed by atoms with van der Waals surface area (Å²) in [4.78, 5) is 38.9. The second-order valence-corrected chi connectivity index (χ2v) is 9.65. The quantitative estimate of drug-likeness (QED) is 0.326. The molecule has 9 nitrogen and oxygen atoms in total. The van der Waals surface area contributed by atoms with E-state index < -0.39 is 35.3 Å². The molecular weight excluding hydrogens is 450 g/mol. The highest BCUT2D eigenvalue weighted by Gasteiger charge is 2.65. The Bertz CT molecular complexity index is 1900. The van der Waals surface area contributed by atoms with Crippen LogP contribution in [0.2, 0.25) is 0 Å². The molecule has 3 unspecified atom stereocenters. The van der Waals surface area contributed by atoms with Crippen molar-refractivity contribution < 1.29 is 29.3 Å². The van der Waals surface area contributed by atoms with Gasteiger partial charge in [0, 0.05) is 28.0 Å². The summed E-state index contributed by atoms with van der Waals surface area (Å²) in [5.74, 6) is -2.35. The molecule has 172 valence electrons. The van der Waals surface area contributed by atoms with E-state index in [4.69, 9.17) is 4.74 Å². The first kappa shape index (κ1) is 19.1. The minimum atomic E-state index is -2.25. The lowest BCUT2D eigenvalue weighted by atomic mass is 9.89. The third-order valence-electron chi connectivity index (χ3n) is 8.11. The number of para-hydroxylation sites is 2. The molecule has 2 aromatic heterocycles. The fraction of sp³-hybridized carbons (Fsp3) is 0.192. The summed E-state index contributed by atoms with van der Waals surface area (Å²) in [5, 5.41) is 26.9. The van der Waals surface area contributed by atoms with Gasteiger partial charge in [0.1, 0.15) is 6.23 Å². The van der Waals surface area contributed by atoms with Gasteiger partial charge in [0.2, 0.25) is 5.60 Å². The van der Waals surface area contributed by atoms with Crippen LogP contribution in [0.15, 0.2) is 48.5 Å². The largest absolute Gasteiger partial charge is 0.479 e. The van der Waals surface area contributed by atoms with Crippen molar-refractivity contribution in [2.24, 2.45) is 0 Å². The van der Waals surface area contributed by atoms with Crippen molar-refractivity contribution in [3.63, 3.8) is 0 Å². The van der Waals surface area contributed by atoms with Crippen LogP contribution >= 0.6 is 0 Å². The monoisotopic (exact) mass is 467 g/mol. The van der Waals surface area contributed by atoms with Gasteiger partial charge in [0.25, 0.3) is 11.8 Å². The van der Waals surface area contributed by atoms with Crippen LogP contribution in [-0.4, -0.2) is 42.7 Å². The van der Waals surface area contributed by atoms with Gasteiger partial charge in [0.15, 0.2) is 5.72 Å². The molecule has 2 amide bonds. The molecule has 1 saturated heterocycles. The van der Waals surface area contributed by atoms with Crippen LogP contribution in [-0.2, 0) is 15.3 Å². The Hall–Kier alpha value is -4.21. The van der Waals surface area contributed by atoms with E-state index in [1.54, 1.807) is 11.5 Å². The minimum Gasteiger partial charge on any atom is -0.479 e. The molecule has 3 aliphatic heterocycles. The van der Waals surface area contributed by atoms with E-state index in [-0.39, 0.29) is 12.0 Å². The van der Waals surface area contributed by atoms with Gasteiger partial charge < -0.3 is 24.1 Å². The summed E-state index contributed by atoms with van der Waals surface area (Å²) in [5.41, 5.74) is -0.796. The third-order valence-corrected chi connectivity index (χ3v) is 8.11. The van der Waals surface area contributed by atoms with Crippen molar-refractivity contribution in [2.75, 3.05) is 0 Å². The number of amides is 2. The number of imide groups is 1. The van der Waals surface area contributed by atoms with Crippen molar-refractivity contribution in [1.29, 1.82) is 0 Å².